The standard InChI is InChI=1S/C26H41F2N5O3S/c1-16(2)21(32-37(35)25(6,7)8)18-13-20-30-19(15-33(20)29-14-18)22(31-23(34)36-24(3,4)5)17-9-11-26(27,28)12-10-17/h13-17,21-22,32H,9-12H2,1-8H3,(H,31,34)/t21-,22-,37?/m0/s1. The third-order valence-electron chi connectivity index (χ3n) is 6.40. The van der Waals surface area contributed by atoms with Crippen LogP contribution >= 0.6 is 0 Å². The average molecular weight is 542 g/mol. The Kier molecular flexibility index (Phi) is 8.81. The van der Waals surface area contributed by atoms with E-state index >= 15 is 0 Å². The van der Waals surface area contributed by atoms with Crippen molar-refractivity contribution in [3.05, 3.63) is 29.7 Å². The minimum Gasteiger partial charge on any atom is -0.598 e. The van der Waals surface area contributed by atoms with Gasteiger partial charge in [-0.15, -0.1) is 4.72 Å². The van der Waals surface area contributed by atoms with Gasteiger partial charge in [0.25, 0.3) is 0 Å². The summed E-state index contributed by atoms with van der Waals surface area (Å²) in [5.41, 5.74) is 1.23. The van der Waals surface area contributed by atoms with Crippen LogP contribution in [0.4, 0.5) is 13.6 Å². The summed E-state index contributed by atoms with van der Waals surface area (Å²) < 4.78 is 50.4. The molecule has 0 radical (unpaired) electrons. The van der Waals surface area contributed by atoms with Crippen LogP contribution in [0.1, 0.15) is 104 Å². The second kappa shape index (κ2) is 11.0. The van der Waals surface area contributed by atoms with E-state index in [4.69, 9.17) is 9.72 Å². The van der Waals surface area contributed by atoms with Gasteiger partial charge in [0.15, 0.2) is 5.65 Å². The predicted octanol–water partition coefficient (Wildman–Crippen LogP) is 5.87. The average Bonchev–Trinajstić information content (AvgIpc) is 3.16. The van der Waals surface area contributed by atoms with Crippen LogP contribution in [0.2, 0.25) is 0 Å². The minimum atomic E-state index is -2.69. The van der Waals surface area contributed by atoms with Crippen LogP contribution in [0.5, 0.6) is 0 Å². The molecule has 3 rings (SSSR count). The zero-order chi connectivity index (χ0) is 27.8. The Hall–Kier alpha value is -1.98. The van der Waals surface area contributed by atoms with E-state index in [1.807, 2.05) is 40.7 Å². The minimum absolute atomic E-state index is 0.135. The van der Waals surface area contributed by atoms with Crippen molar-refractivity contribution in [1.29, 1.82) is 0 Å². The molecule has 0 bridgehead atoms. The number of rotatable bonds is 7. The van der Waals surface area contributed by atoms with Crippen molar-refractivity contribution in [2.75, 3.05) is 0 Å². The number of amides is 1. The van der Waals surface area contributed by atoms with E-state index in [9.17, 15) is 18.1 Å². The number of nitrogens with zero attached hydrogens (tertiary/aromatic N) is 3. The van der Waals surface area contributed by atoms with Crippen molar-refractivity contribution in [1.82, 2.24) is 24.6 Å². The largest absolute Gasteiger partial charge is 0.598 e. The maximum absolute atomic E-state index is 13.9. The summed E-state index contributed by atoms with van der Waals surface area (Å²) in [5, 5.41) is 7.40. The molecule has 37 heavy (non-hydrogen) atoms. The van der Waals surface area contributed by atoms with E-state index in [1.54, 1.807) is 37.7 Å². The highest BCUT2D eigenvalue weighted by atomic mass is 32.2. The fourth-order valence-electron chi connectivity index (χ4n) is 4.37. The van der Waals surface area contributed by atoms with Gasteiger partial charge in [0.2, 0.25) is 5.92 Å². The highest BCUT2D eigenvalue weighted by molar-refractivity contribution is 7.90. The number of nitrogens with one attached hydrogen (secondary N) is 2. The molecule has 1 aliphatic rings. The SMILES string of the molecule is CC(C)[C@H](N[S+]([O-])C(C)(C)C)c1cnn2cc([C@@H](NC(=O)OC(C)(C)C)C3CCC(F)(F)CC3)nc2c1. The van der Waals surface area contributed by atoms with E-state index in [2.05, 4.69) is 15.1 Å². The molecule has 208 valence electrons. The van der Waals surface area contributed by atoms with Gasteiger partial charge in [0.1, 0.15) is 10.3 Å². The van der Waals surface area contributed by atoms with Crippen LogP contribution in [0.3, 0.4) is 0 Å². The first kappa shape index (κ1) is 29.6. The third kappa shape index (κ3) is 8.00. The van der Waals surface area contributed by atoms with Gasteiger partial charge in [-0.05, 0) is 77.8 Å². The fraction of sp³-hybridized carbons (Fsp3) is 0.731. The number of aromatic nitrogens is 3. The lowest BCUT2D eigenvalue weighted by molar-refractivity contribution is -0.0500. The van der Waals surface area contributed by atoms with Crippen molar-refractivity contribution < 1.29 is 22.9 Å². The summed E-state index contributed by atoms with van der Waals surface area (Å²) in [6.45, 7) is 15.1. The highest BCUT2D eigenvalue weighted by Crippen LogP contribution is 2.41. The first-order chi connectivity index (χ1) is 16.9. The van der Waals surface area contributed by atoms with Gasteiger partial charge < -0.3 is 14.6 Å². The first-order valence-corrected chi connectivity index (χ1v) is 14.0. The lowest BCUT2D eigenvalue weighted by atomic mass is 9.81. The summed E-state index contributed by atoms with van der Waals surface area (Å²) in [7, 11) is 0. The molecule has 0 aromatic carbocycles. The molecule has 0 aliphatic heterocycles. The van der Waals surface area contributed by atoms with E-state index in [0.29, 0.717) is 11.3 Å². The van der Waals surface area contributed by atoms with Crippen LogP contribution in [0.25, 0.3) is 5.65 Å². The van der Waals surface area contributed by atoms with E-state index in [1.165, 1.54) is 0 Å². The quantitative estimate of drug-likeness (QED) is 0.425. The second-order valence-corrected chi connectivity index (χ2v) is 14.3. The third-order valence-corrected chi connectivity index (χ3v) is 7.98. The van der Waals surface area contributed by atoms with Crippen molar-refractivity contribution in [3.8, 4) is 0 Å². The van der Waals surface area contributed by atoms with Gasteiger partial charge in [-0.3, -0.25) is 0 Å². The van der Waals surface area contributed by atoms with Gasteiger partial charge in [-0.1, -0.05) is 13.8 Å². The molecule has 0 spiro atoms. The van der Waals surface area contributed by atoms with Crippen molar-refractivity contribution in [2.45, 2.75) is 109 Å². The molecule has 1 saturated carbocycles. The molecular formula is C26H41F2N5O3S. The monoisotopic (exact) mass is 541 g/mol. The van der Waals surface area contributed by atoms with Crippen molar-refractivity contribution >= 4 is 23.1 Å². The Morgan fingerprint density at radius 3 is 2.38 bits per heavy atom. The van der Waals surface area contributed by atoms with Crippen LogP contribution in [0, 0.1) is 11.8 Å². The lowest BCUT2D eigenvalue weighted by Gasteiger charge is -2.33. The maximum atomic E-state index is 13.9. The normalized spacial score (nSPS) is 19.6. The molecule has 1 fully saturated rings. The van der Waals surface area contributed by atoms with Gasteiger partial charge >= 0.3 is 6.09 Å². The predicted molar refractivity (Wildman–Crippen MR) is 141 cm³/mol. The van der Waals surface area contributed by atoms with Gasteiger partial charge in [-0.2, -0.15) is 5.10 Å². The Bertz CT molecular complexity index is 1070. The van der Waals surface area contributed by atoms with Gasteiger partial charge in [-0.25, -0.2) is 23.1 Å². The molecule has 2 aromatic rings. The molecule has 1 aliphatic carbocycles. The van der Waals surface area contributed by atoms with Crippen LogP contribution in [0.15, 0.2) is 18.5 Å². The Balaban J connectivity index is 1.92. The van der Waals surface area contributed by atoms with Crippen molar-refractivity contribution in [3.63, 3.8) is 0 Å². The van der Waals surface area contributed by atoms with Gasteiger partial charge in [0, 0.05) is 24.2 Å². The van der Waals surface area contributed by atoms with Crippen LogP contribution in [-0.4, -0.2) is 41.5 Å². The molecule has 8 nitrogen and oxygen atoms in total. The molecular weight excluding hydrogens is 500 g/mol. The summed E-state index contributed by atoms with van der Waals surface area (Å²) in [6, 6.07) is 1.07. The number of carbonyl (C=O) groups excluding carboxylic acids is 1. The molecule has 3 atom stereocenters. The summed E-state index contributed by atoms with van der Waals surface area (Å²) >= 11 is -1.28. The number of ether oxygens (including phenoxy) is 1. The van der Waals surface area contributed by atoms with Crippen LogP contribution in [-0.2, 0) is 16.1 Å². The maximum Gasteiger partial charge on any atom is 0.408 e. The molecule has 11 heteroatoms. The van der Waals surface area contributed by atoms with Crippen molar-refractivity contribution in [2.24, 2.45) is 11.8 Å². The Morgan fingerprint density at radius 2 is 1.84 bits per heavy atom. The molecule has 2 heterocycles. The smallest absolute Gasteiger partial charge is 0.408 e. The molecule has 2 N–H and O–H groups in total. The topological polar surface area (TPSA) is 104 Å². The van der Waals surface area contributed by atoms with Gasteiger partial charge in [0.05, 0.1) is 30.2 Å². The number of imidazole rings is 1. The lowest BCUT2D eigenvalue weighted by Crippen LogP contribution is -2.42. The Morgan fingerprint density at radius 1 is 1.22 bits per heavy atom. The summed E-state index contributed by atoms with van der Waals surface area (Å²) in [6.07, 6.45) is 2.89. The number of alkyl carbamates (subject to hydrolysis) is 1. The van der Waals surface area contributed by atoms with Crippen LogP contribution < -0.4 is 10.0 Å². The number of fused-ring (bicyclic) bond motifs is 1. The number of hydrogen-bond donors (Lipinski definition) is 2. The number of hydrogen-bond acceptors (Lipinski definition) is 6. The molecule has 2 aromatic heterocycles. The molecule has 0 saturated heterocycles. The fourth-order valence-corrected chi connectivity index (χ4v) is 5.37. The van der Waals surface area contributed by atoms with E-state index in [0.717, 1.165) is 5.56 Å². The zero-order valence-corrected chi connectivity index (χ0v) is 23.9. The number of halogens is 2. The molecule has 1 amide bonds. The highest BCUT2D eigenvalue weighted by Gasteiger charge is 2.40. The summed E-state index contributed by atoms with van der Waals surface area (Å²) in [4.78, 5) is 17.4. The zero-order valence-electron chi connectivity index (χ0n) is 23.1. The number of carbonyl (C=O) groups is 1. The Labute approximate surface area is 221 Å². The summed E-state index contributed by atoms with van der Waals surface area (Å²) in [5.74, 6) is -2.76. The second-order valence-electron chi connectivity index (χ2n) is 12.3. The van der Waals surface area contributed by atoms with E-state index in [-0.39, 0.29) is 43.6 Å². The van der Waals surface area contributed by atoms with E-state index < -0.39 is 39.8 Å². The molecule has 1 unspecified atom stereocenters. The first-order valence-electron chi connectivity index (χ1n) is 12.9. The number of alkyl halides is 2.